The number of anilines is 1. The molecule has 4 aromatic rings. The summed E-state index contributed by atoms with van der Waals surface area (Å²) in [5.41, 5.74) is 1.26. The van der Waals surface area contributed by atoms with Gasteiger partial charge >= 0.3 is 5.97 Å². The number of nitro groups is 1. The van der Waals surface area contributed by atoms with E-state index in [4.69, 9.17) is 9.15 Å². The molecule has 0 bridgehead atoms. The van der Waals surface area contributed by atoms with Gasteiger partial charge in [-0.2, -0.15) is 0 Å². The SMILES string of the molecule is Cc1c(NC(=O)[C@H](C)OC(=O)c2ccc(-c3ccc([N+](=O)[O-])cc3)o2)c(=O)n(-c2ccccc2)n1C. The molecule has 11 nitrogen and oxygen atoms in total. The molecule has 0 spiro atoms. The molecule has 36 heavy (non-hydrogen) atoms. The van der Waals surface area contributed by atoms with Gasteiger partial charge in [0.15, 0.2) is 6.10 Å². The number of rotatable bonds is 7. The molecule has 11 heteroatoms. The van der Waals surface area contributed by atoms with Gasteiger partial charge in [-0.25, -0.2) is 9.48 Å². The van der Waals surface area contributed by atoms with Crippen LogP contribution < -0.4 is 10.9 Å². The summed E-state index contributed by atoms with van der Waals surface area (Å²) in [4.78, 5) is 48.5. The number of hydrogen-bond acceptors (Lipinski definition) is 7. The molecule has 1 N–H and O–H groups in total. The molecule has 0 unspecified atom stereocenters. The number of non-ortho nitro benzene ring substituents is 1. The van der Waals surface area contributed by atoms with Crippen LogP contribution in [0.25, 0.3) is 17.0 Å². The zero-order valence-electron chi connectivity index (χ0n) is 19.6. The highest BCUT2D eigenvalue weighted by atomic mass is 16.6. The largest absolute Gasteiger partial charge is 0.449 e. The summed E-state index contributed by atoms with van der Waals surface area (Å²) >= 11 is 0. The van der Waals surface area contributed by atoms with E-state index >= 15 is 0 Å². The van der Waals surface area contributed by atoms with Crippen molar-refractivity contribution in [1.29, 1.82) is 0 Å². The molecule has 0 radical (unpaired) electrons. The minimum Gasteiger partial charge on any atom is -0.449 e. The second kappa shape index (κ2) is 9.74. The highest BCUT2D eigenvalue weighted by molar-refractivity contribution is 5.97. The van der Waals surface area contributed by atoms with E-state index in [1.807, 2.05) is 6.07 Å². The molecule has 0 saturated heterocycles. The number of carbonyl (C=O) groups is 2. The monoisotopic (exact) mass is 490 g/mol. The van der Waals surface area contributed by atoms with Gasteiger partial charge in [0.2, 0.25) is 5.76 Å². The molecule has 0 aliphatic rings. The molecule has 2 heterocycles. The third-order valence-corrected chi connectivity index (χ3v) is 5.63. The van der Waals surface area contributed by atoms with Crippen molar-refractivity contribution in [2.24, 2.45) is 7.05 Å². The van der Waals surface area contributed by atoms with E-state index in [9.17, 15) is 24.5 Å². The molecule has 2 aromatic heterocycles. The van der Waals surface area contributed by atoms with Crippen LogP contribution in [-0.2, 0) is 16.6 Å². The van der Waals surface area contributed by atoms with Crippen molar-refractivity contribution in [3.8, 4) is 17.0 Å². The predicted octanol–water partition coefficient (Wildman–Crippen LogP) is 3.84. The number of furan rings is 1. The Morgan fingerprint density at radius 3 is 2.36 bits per heavy atom. The van der Waals surface area contributed by atoms with Crippen molar-refractivity contribution in [3.63, 3.8) is 0 Å². The summed E-state index contributed by atoms with van der Waals surface area (Å²) < 4.78 is 13.8. The third kappa shape index (κ3) is 4.67. The summed E-state index contributed by atoms with van der Waals surface area (Å²) in [7, 11) is 1.70. The maximum Gasteiger partial charge on any atom is 0.375 e. The lowest BCUT2D eigenvalue weighted by Crippen LogP contribution is -2.32. The van der Waals surface area contributed by atoms with Gasteiger partial charge in [0, 0.05) is 24.7 Å². The number of benzene rings is 2. The first-order valence-electron chi connectivity index (χ1n) is 10.9. The highest BCUT2D eigenvalue weighted by Crippen LogP contribution is 2.25. The van der Waals surface area contributed by atoms with Gasteiger partial charge in [0.1, 0.15) is 11.4 Å². The van der Waals surface area contributed by atoms with Crippen LogP contribution in [0.2, 0.25) is 0 Å². The van der Waals surface area contributed by atoms with Gasteiger partial charge in [-0.05, 0) is 50.2 Å². The zero-order valence-corrected chi connectivity index (χ0v) is 19.6. The van der Waals surface area contributed by atoms with Crippen molar-refractivity contribution in [1.82, 2.24) is 9.36 Å². The lowest BCUT2D eigenvalue weighted by atomic mass is 10.1. The number of ether oxygens (including phenoxy) is 1. The highest BCUT2D eigenvalue weighted by Gasteiger charge is 2.25. The molecule has 0 fully saturated rings. The van der Waals surface area contributed by atoms with E-state index in [1.54, 1.807) is 42.9 Å². The lowest BCUT2D eigenvalue weighted by Gasteiger charge is -2.12. The van der Waals surface area contributed by atoms with Crippen molar-refractivity contribution >= 4 is 23.3 Å². The maximum absolute atomic E-state index is 13.0. The van der Waals surface area contributed by atoms with Gasteiger partial charge in [0.05, 0.1) is 16.3 Å². The molecule has 4 rings (SSSR count). The van der Waals surface area contributed by atoms with Gasteiger partial charge in [-0.15, -0.1) is 0 Å². The second-order valence-electron chi connectivity index (χ2n) is 7.94. The molecule has 184 valence electrons. The van der Waals surface area contributed by atoms with Crippen LogP contribution in [0, 0.1) is 17.0 Å². The summed E-state index contributed by atoms with van der Waals surface area (Å²) in [5.74, 6) is -1.41. The van der Waals surface area contributed by atoms with E-state index in [0.717, 1.165) is 0 Å². The standard InChI is InChI=1S/C25H22N4O7/c1-15-22(24(31)28(27(15)3)18-7-5-4-6-8-18)26-23(30)16(2)35-25(32)21-14-13-20(36-21)17-9-11-19(12-10-17)29(33)34/h4-14,16H,1-3H3,(H,26,30)/t16-/m0/s1. The van der Waals surface area contributed by atoms with E-state index in [2.05, 4.69) is 5.32 Å². The molecule has 0 saturated carbocycles. The number of nitrogens with zero attached hydrogens (tertiary/aromatic N) is 3. The third-order valence-electron chi connectivity index (χ3n) is 5.63. The summed E-state index contributed by atoms with van der Waals surface area (Å²) in [6.07, 6.45) is -1.23. The number of nitro benzene ring substituents is 1. The summed E-state index contributed by atoms with van der Waals surface area (Å²) in [5, 5.41) is 13.4. The number of para-hydroxylation sites is 1. The van der Waals surface area contributed by atoms with Crippen molar-refractivity contribution in [2.45, 2.75) is 20.0 Å². The predicted molar refractivity (Wildman–Crippen MR) is 130 cm³/mol. The van der Waals surface area contributed by atoms with Crippen LogP contribution in [-0.4, -0.2) is 32.3 Å². The minimum atomic E-state index is -1.23. The molecule has 1 amide bonds. The van der Waals surface area contributed by atoms with Crippen LogP contribution in [0.5, 0.6) is 0 Å². The molecule has 0 aliphatic carbocycles. The Hall–Kier alpha value is -4.93. The fourth-order valence-corrected chi connectivity index (χ4v) is 3.56. The van der Waals surface area contributed by atoms with Gasteiger partial charge < -0.3 is 14.5 Å². The Labute approximate surface area is 204 Å². The van der Waals surface area contributed by atoms with Crippen LogP contribution in [0.4, 0.5) is 11.4 Å². The number of nitrogens with one attached hydrogen (secondary N) is 1. The normalized spacial score (nSPS) is 11.6. The first kappa shape index (κ1) is 24.2. The van der Waals surface area contributed by atoms with Gasteiger partial charge in [-0.1, -0.05) is 18.2 Å². The Balaban J connectivity index is 1.45. The Kier molecular flexibility index (Phi) is 6.55. The van der Waals surface area contributed by atoms with Crippen LogP contribution in [0.15, 0.2) is 75.9 Å². The number of carbonyl (C=O) groups excluding carboxylic acids is 2. The Morgan fingerprint density at radius 1 is 1.06 bits per heavy atom. The van der Waals surface area contributed by atoms with Crippen molar-refractivity contribution in [2.75, 3.05) is 5.32 Å². The minimum absolute atomic E-state index is 0.0750. The molecular formula is C25H22N4O7. The van der Waals surface area contributed by atoms with Gasteiger partial charge in [-0.3, -0.25) is 24.4 Å². The fraction of sp³-hybridized carbons (Fsp3) is 0.160. The van der Waals surface area contributed by atoms with E-state index in [1.165, 1.54) is 48.0 Å². The maximum atomic E-state index is 13.0. The Bertz CT molecular complexity index is 1500. The second-order valence-corrected chi connectivity index (χ2v) is 7.94. The first-order valence-corrected chi connectivity index (χ1v) is 10.9. The molecular weight excluding hydrogens is 468 g/mol. The van der Waals surface area contributed by atoms with Crippen LogP contribution >= 0.6 is 0 Å². The van der Waals surface area contributed by atoms with E-state index in [-0.39, 0.29) is 17.1 Å². The number of amides is 1. The topological polar surface area (TPSA) is 139 Å². The number of esters is 1. The smallest absolute Gasteiger partial charge is 0.375 e. The van der Waals surface area contributed by atoms with Crippen LogP contribution in [0.1, 0.15) is 23.2 Å². The number of hydrogen-bond donors (Lipinski definition) is 1. The number of aromatic nitrogens is 2. The summed E-state index contributed by atoms with van der Waals surface area (Å²) in [6.45, 7) is 3.07. The zero-order chi connectivity index (χ0) is 26.0. The van der Waals surface area contributed by atoms with Crippen LogP contribution in [0.3, 0.4) is 0 Å². The fourth-order valence-electron chi connectivity index (χ4n) is 3.56. The average molecular weight is 490 g/mol. The first-order chi connectivity index (χ1) is 17.2. The van der Waals surface area contributed by atoms with Crippen molar-refractivity contribution < 1.29 is 23.7 Å². The average Bonchev–Trinajstić information content (AvgIpc) is 3.44. The Morgan fingerprint density at radius 2 is 1.72 bits per heavy atom. The molecule has 0 aliphatic heterocycles. The summed E-state index contributed by atoms with van der Waals surface area (Å²) in [6, 6.07) is 17.5. The van der Waals surface area contributed by atoms with Crippen molar-refractivity contribution in [3.05, 3.63) is 98.7 Å². The van der Waals surface area contributed by atoms with E-state index < -0.39 is 28.5 Å². The van der Waals surface area contributed by atoms with E-state index in [0.29, 0.717) is 22.7 Å². The molecule has 1 atom stereocenters. The lowest BCUT2D eigenvalue weighted by molar-refractivity contribution is -0.384. The molecule has 2 aromatic carbocycles. The quantitative estimate of drug-likeness (QED) is 0.236. The van der Waals surface area contributed by atoms with Gasteiger partial charge in [0.25, 0.3) is 17.2 Å².